The zero-order valence-corrected chi connectivity index (χ0v) is 23.3. The molecule has 0 aliphatic rings. The van der Waals surface area contributed by atoms with Gasteiger partial charge in [0.05, 0.1) is 10.1 Å². The Bertz CT molecular complexity index is 337. The van der Waals surface area contributed by atoms with Gasteiger partial charge in [-0.05, 0) is 32.4 Å². The van der Waals surface area contributed by atoms with Gasteiger partial charge in [0, 0.05) is 5.75 Å². The Hall–Kier alpha value is 1.92. The van der Waals surface area contributed by atoms with Crippen molar-refractivity contribution in [1.82, 2.24) is 5.32 Å². The number of rotatable bonds is 18. The van der Waals surface area contributed by atoms with E-state index in [0.29, 0.717) is 6.42 Å². The first-order valence-corrected chi connectivity index (χ1v) is 11.3. The molecule has 0 aliphatic carbocycles. The van der Waals surface area contributed by atoms with Gasteiger partial charge in [-0.1, -0.05) is 77.6 Å². The Balaban J connectivity index is 0. The minimum absolute atomic E-state index is 0. The van der Waals surface area contributed by atoms with Gasteiger partial charge >= 0.3 is 68.9 Å². The van der Waals surface area contributed by atoms with Crippen LogP contribution in [0.15, 0.2) is 0 Å². The largest absolute Gasteiger partial charge is 1.00 e. The molecule has 0 fully saturated rings. The van der Waals surface area contributed by atoms with E-state index in [1.54, 1.807) is 0 Å². The molecule has 0 aromatic rings. The third-order valence-corrected chi connectivity index (χ3v) is 4.99. The number of nitrogens with one attached hydrogen (secondary N) is 1. The van der Waals surface area contributed by atoms with Crippen molar-refractivity contribution in [2.45, 2.75) is 96.8 Å². The molecule has 0 rings (SSSR count). The third-order valence-electron chi connectivity index (χ3n) is 4.20. The first-order chi connectivity index (χ1) is 11.1. The molecule has 140 valence electrons. The van der Waals surface area contributed by atoms with Crippen molar-refractivity contribution in [3.8, 4) is 0 Å². The van der Waals surface area contributed by atoms with Crippen molar-refractivity contribution in [3.05, 3.63) is 0 Å². The van der Waals surface area contributed by atoms with Crippen LogP contribution in [0.3, 0.4) is 0 Å². The van der Waals surface area contributed by atoms with Crippen molar-refractivity contribution in [3.63, 3.8) is 0 Å². The summed E-state index contributed by atoms with van der Waals surface area (Å²) in [6.07, 6.45) is 16.7. The molecule has 0 radical (unpaired) electrons. The molecular weight excluding hydrogens is 443 g/mol. The van der Waals surface area contributed by atoms with Crippen LogP contribution in [0.4, 0.5) is 0 Å². The molecule has 4 nitrogen and oxygen atoms in total. The van der Waals surface area contributed by atoms with Crippen LogP contribution in [-0.2, 0) is 10.1 Å². The van der Waals surface area contributed by atoms with Gasteiger partial charge in [-0.3, -0.25) is 0 Å². The van der Waals surface area contributed by atoms with E-state index in [4.69, 9.17) is 0 Å². The Labute approximate surface area is 209 Å². The Morgan fingerprint density at radius 3 is 1.46 bits per heavy atom. The number of hydrogen-bond donors (Lipinski definition) is 1. The summed E-state index contributed by atoms with van der Waals surface area (Å²) in [5.41, 5.74) is 0. The minimum Gasteiger partial charge on any atom is -0.748 e. The zero-order chi connectivity index (χ0) is 17.2. The van der Waals surface area contributed by atoms with E-state index in [1.165, 1.54) is 70.8 Å². The first kappa shape index (κ1) is 28.1. The maximum absolute atomic E-state index is 10.4. The van der Waals surface area contributed by atoms with Gasteiger partial charge in [0.1, 0.15) is 0 Å². The summed E-state index contributed by atoms with van der Waals surface area (Å²) in [5, 5.41) is 3.52. The SMILES string of the molecule is CCCCCCNCCCCCCCCCCCCS(=O)(=O)[O-].[Cs+]. The molecule has 0 saturated heterocycles. The minimum atomic E-state index is -4.00. The molecule has 0 spiro atoms. The molecule has 0 atom stereocenters. The average molecular weight is 481 g/mol. The second-order valence-corrected chi connectivity index (χ2v) is 8.13. The van der Waals surface area contributed by atoms with Gasteiger partial charge in [-0.25, -0.2) is 8.42 Å². The van der Waals surface area contributed by atoms with Crippen molar-refractivity contribution in [1.29, 1.82) is 0 Å². The molecule has 0 aromatic carbocycles. The van der Waals surface area contributed by atoms with Crippen LogP contribution in [0.5, 0.6) is 0 Å². The Kier molecular flexibility index (Phi) is 24.9. The van der Waals surface area contributed by atoms with Gasteiger partial charge in [-0.15, -0.1) is 0 Å². The molecule has 0 amide bonds. The van der Waals surface area contributed by atoms with E-state index in [1.807, 2.05) is 0 Å². The van der Waals surface area contributed by atoms with Crippen molar-refractivity contribution in [2.24, 2.45) is 0 Å². The van der Waals surface area contributed by atoms with Crippen LogP contribution in [0.25, 0.3) is 0 Å². The summed E-state index contributed by atoms with van der Waals surface area (Å²) < 4.78 is 31.3. The van der Waals surface area contributed by atoms with E-state index < -0.39 is 10.1 Å². The summed E-state index contributed by atoms with van der Waals surface area (Å²) in [7, 11) is -4.00. The molecule has 6 heteroatoms. The van der Waals surface area contributed by atoms with Crippen LogP contribution in [0, 0.1) is 0 Å². The molecule has 0 unspecified atom stereocenters. The number of unbranched alkanes of at least 4 members (excludes halogenated alkanes) is 12. The summed E-state index contributed by atoms with van der Waals surface area (Å²) >= 11 is 0. The van der Waals surface area contributed by atoms with Crippen LogP contribution in [-0.4, -0.2) is 31.8 Å². The van der Waals surface area contributed by atoms with Crippen molar-refractivity contribution in [2.75, 3.05) is 18.8 Å². The van der Waals surface area contributed by atoms with E-state index in [2.05, 4.69) is 12.2 Å². The Morgan fingerprint density at radius 1 is 0.667 bits per heavy atom. The van der Waals surface area contributed by atoms with Gasteiger partial charge in [0.15, 0.2) is 0 Å². The fourth-order valence-electron chi connectivity index (χ4n) is 2.74. The normalized spacial score (nSPS) is 11.4. The number of hydrogen-bond acceptors (Lipinski definition) is 4. The molecule has 1 N–H and O–H groups in total. The van der Waals surface area contributed by atoms with E-state index in [9.17, 15) is 13.0 Å². The van der Waals surface area contributed by atoms with E-state index in [-0.39, 0.29) is 74.6 Å². The van der Waals surface area contributed by atoms with Crippen LogP contribution < -0.4 is 74.2 Å². The van der Waals surface area contributed by atoms with E-state index >= 15 is 0 Å². The molecule has 0 bridgehead atoms. The summed E-state index contributed by atoms with van der Waals surface area (Å²) in [5.74, 6) is -0.195. The monoisotopic (exact) mass is 481 g/mol. The fourth-order valence-corrected chi connectivity index (χ4v) is 3.30. The van der Waals surface area contributed by atoms with Crippen molar-refractivity contribution < 1.29 is 81.9 Å². The second kappa shape index (κ2) is 21.2. The maximum atomic E-state index is 10.4. The van der Waals surface area contributed by atoms with Gasteiger partial charge in [0.2, 0.25) is 0 Å². The predicted octanol–water partition coefficient (Wildman–Crippen LogP) is 1.61. The second-order valence-electron chi connectivity index (χ2n) is 6.61. The van der Waals surface area contributed by atoms with Crippen LogP contribution in [0.1, 0.15) is 96.8 Å². The van der Waals surface area contributed by atoms with E-state index in [0.717, 1.165) is 25.8 Å². The molecule has 0 aromatic heterocycles. The molecule has 0 saturated carbocycles. The van der Waals surface area contributed by atoms with Crippen LogP contribution in [0.2, 0.25) is 0 Å². The third kappa shape index (κ3) is 26.2. The van der Waals surface area contributed by atoms with Gasteiger partial charge < -0.3 is 9.87 Å². The summed E-state index contributed by atoms with van der Waals surface area (Å²) in [6, 6.07) is 0. The van der Waals surface area contributed by atoms with Crippen molar-refractivity contribution >= 4 is 10.1 Å². The first-order valence-electron chi connectivity index (χ1n) is 9.70. The zero-order valence-electron chi connectivity index (χ0n) is 16.2. The molecule has 24 heavy (non-hydrogen) atoms. The maximum Gasteiger partial charge on any atom is 1.00 e. The smallest absolute Gasteiger partial charge is 0.748 e. The predicted molar refractivity (Wildman–Crippen MR) is 97.7 cm³/mol. The van der Waals surface area contributed by atoms with Crippen LogP contribution >= 0.6 is 0 Å². The summed E-state index contributed by atoms with van der Waals surface area (Å²) in [6.45, 7) is 4.58. The average Bonchev–Trinajstić information content (AvgIpc) is 2.49. The van der Waals surface area contributed by atoms with Gasteiger partial charge in [0.25, 0.3) is 0 Å². The topological polar surface area (TPSA) is 69.2 Å². The molecule has 0 heterocycles. The van der Waals surface area contributed by atoms with Gasteiger partial charge in [-0.2, -0.15) is 0 Å². The molecular formula is C18H38CsNO3S. The standard InChI is InChI=1S/C18H39NO3S.Cs/c1-2-3-4-13-16-19-17-14-11-9-7-5-6-8-10-12-15-18-23(20,21)22;/h19H,2-18H2,1H3,(H,20,21,22);/q;+1/p-1. The molecule has 0 aliphatic heterocycles. The Morgan fingerprint density at radius 2 is 1.04 bits per heavy atom. The summed E-state index contributed by atoms with van der Waals surface area (Å²) in [4.78, 5) is 0. The fraction of sp³-hybridized carbons (Fsp3) is 1.00. The quantitative estimate of drug-likeness (QED) is 0.239.